The molecule has 1 fully saturated rings. The lowest BCUT2D eigenvalue weighted by molar-refractivity contribution is -0.217. The highest BCUT2D eigenvalue weighted by Crippen LogP contribution is 2.23. The summed E-state index contributed by atoms with van der Waals surface area (Å²) in [6.07, 6.45) is 0.839. The number of fused-ring (bicyclic) bond motifs is 1. The van der Waals surface area contributed by atoms with Crippen LogP contribution in [-0.2, 0) is 18.9 Å². The van der Waals surface area contributed by atoms with Crippen LogP contribution in [0.1, 0.15) is 0 Å². The molecule has 2 rings (SSSR count). The van der Waals surface area contributed by atoms with E-state index in [4.69, 9.17) is 24.1 Å². The summed E-state index contributed by atoms with van der Waals surface area (Å²) in [5.74, 6) is 0.589. The number of aliphatic hydroxyl groups is 1. The van der Waals surface area contributed by atoms with Crippen molar-refractivity contribution in [2.45, 2.75) is 12.2 Å². The molecule has 2 atom stereocenters. The van der Waals surface area contributed by atoms with E-state index >= 15 is 0 Å². The molecule has 5 heteroatoms. The molecule has 5 nitrogen and oxygen atoms in total. The predicted octanol–water partition coefficient (Wildman–Crippen LogP) is -0.434. The molecule has 2 heterocycles. The maximum absolute atomic E-state index is 8.90. The molecule has 0 aromatic rings. The maximum atomic E-state index is 8.90. The van der Waals surface area contributed by atoms with Crippen molar-refractivity contribution in [3.05, 3.63) is 12.0 Å². The molecule has 0 aromatic carbocycles. The fraction of sp³-hybridized carbons (Fsp3) is 0.714. The monoisotopic (exact) mass is 174 g/mol. The molecule has 0 amide bonds. The maximum Gasteiger partial charge on any atom is 0.189 e. The summed E-state index contributed by atoms with van der Waals surface area (Å²) in [4.78, 5) is 0. The van der Waals surface area contributed by atoms with Gasteiger partial charge < -0.3 is 24.1 Å². The van der Waals surface area contributed by atoms with Crippen molar-refractivity contribution in [2.75, 3.05) is 20.2 Å². The third-order valence-corrected chi connectivity index (χ3v) is 1.82. The zero-order valence-electron chi connectivity index (χ0n) is 6.43. The van der Waals surface area contributed by atoms with Gasteiger partial charge >= 0.3 is 0 Å². The van der Waals surface area contributed by atoms with E-state index in [1.165, 1.54) is 6.26 Å². The van der Waals surface area contributed by atoms with Gasteiger partial charge in [0.05, 0.1) is 6.61 Å². The molecule has 0 radical (unpaired) electrons. The SMILES string of the molecule is OCC1OCOC2=COCOC21. The van der Waals surface area contributed by atoms with Crippen LogP contribution in [0, 0.1) is 0 Å². The second-order valence-electron chi connectivity index (χ2n) is 2.54. The van der Waals surface area contributed by atoms with Crippen molar-refractivity contribution in [2.24, 2.45) is 0 Å². The number of hydrogen-bond acceptors (Lipinski definition) is 5. The quantitative estimate of drug-likeness (QED) is 0.584. The van der Waals surface area contributed by atoms with E-state index in [2.05, 4.69) is 0 Å². The van der Waals surface area contributed by atoms with Crippen LogP contribution in [0.25, 0.3) is 0 Å². The lowest BCUT2D eigenvalue weighted by Crippen LogP contribution is -2.43. The number of ether oxygens (including phenoxy) is 4. The van der Waals surface area contributed by atoms with Crippen LogP contribution >= 0.6 is 0 Å². The Hall–Kier alpha value is -0.780. The van der Waals surface area contributed by atoms with E-state index in [1.807, 2.05) is 0 Å². The van der Waals surface area contributed by atoms with E-state index in [0.717, 1.165) is 0 Å². The number of aliphatic hydroxyl groups excluding tert-OH is 1. The van der Waals surface area contributed by atoms with E-state index < -0.39 is 0 Å². The summed E-state index contributed by atoms with van der Waals surface area (Å²) in [5.41, 5.74) is 0. The van der Waals surface area contributed by atoms with Gasteiger partial charge in [-0.1, -0.05) is 0 Å². The minimum absolute atomic E-state index is 0.0780. The predicted molar refractivity (Wildman–Crippen MR) is 36.8 cm³/mol. The lowest BCUT2D eigenvalue weighted by Gasteiger charge is -2.34. The second kappa shape index (κ2) is 3.30. The molecule has 2 aliphatic heterocycles. The van der Waals surface area contributed by atoms with Crippen LogP contribution in [0.3, 0.4) is 0 Å². The van der Waals surface area contributed by atoms with Gasteiger partial charge in [-0.25, -0.2) is 0 Å². The second-order valence-corrected chi connectivity index (χ2v) is 2.54. The first-order chi connectivity index (χ1) is 5.92. The van der Waals surface area contributed by atoms with Crippen LogP contribution in [0.15, 0.2) is 12.0 Å². The van der Waals surface area contributed by atoms with Gasteiger partial charge in [-0.3, -0.25) is 0 Å². The largest absolute Gasteiger partial charge is 0.472 e. The lowest BCUT2D eigenvalue weighted by atomic mass is 10.1. The third-order valence-electron chi connectivity index (χ3n) is 1.82. The first-order valence-electron chi connectivity index (χ1n) is 3.70. The zero-order valence-corrected chi connectivity index (χ0v) is 6.43. The molecular weight excluding hydrogens is 164 g/mol. The number of rotatable bonds is 1. The van der Waals surface area contributed by atoms with Gasteiger partial charge in [0.2, 0.25) is 0 Å². The van der Waals surface area contributed by atoms with E-state index in [9.17, 15) is 0 Å². The molecule has 2 unspecified atom stereocenters. The van der Waals surface area contributed by atoms with Gasteiger partial charge in [-0.05, 0) is 0 Å². The Kier molecular flexibility index (Phi) is 2.16. The summed E-state index contributed by atoms with van der Waals surface area (Å²) < 4.78 is 20.3. The molecule has 2 aliphatic rings. The normalized spacial score (nSPS) is 34.2. The molecule has 0 saturated carbocycles. The first kappa shape index (κ1) is 7.85. The molecule has 0 aromatic heterocycles. The minimum Gasteiger partial charge on any atom is -0.472 e. The van der Waals surface area contributed by atoms with Crippen LogP contribution in [0.5, 0.6) is 0 Å². The molecule has 0 spiro atoms. The Morgan fingerprint density at radius 1 is 1.42 bits per heavy atom. The molecule has 12 heavy (non-hydrogen) atoms. The van der Waals surface area contributed by atoms with Crippen molar-refractivity contribution in [1.82, 2.24) is 0 Å². The molecule has 1 saturated heterocycles. The molecule has 1 N–H and O–H groups in total. The highest BCUT2D eigenvalue weighted by molar-refractivity contribution is 5.03. The Labute approximate surface area is 69.5 Å². The Morgan fingerprint density at radius 2 is 2.33 bits per heavy atom. The molecular formula is C7H10O5. The summed E-state index contributed by atoms with van der Waals surface area (Å²) in [5, 5.41) is 8.90. The average Bonchev–Trinajstić information content (AvgIpc) is 2.17. The fourth-order valence-electron chi connectivity index (χ4n) is 1.21. The van der Waals surface area contributed by atoms with Crippen molar-refractivity contribution in [1.29, 1.82) is 0 Å². The summed E-state index contributed by atoms with van der Waals surface area (Å²) in [6.45, 7) is 0.239. The Balaban J connectivity index is 2.10. The van der Waals surface area contributed by atoms with Crippen LogP contribution in [-0.4, -0.2) is 37.5 Å². The average molecular weight is 174 g/mol. The van der Waals surface area contributed by atoms with Gasteiger partial charge in [0.25, 0.3) is 0 Å². The van der Waals surface area contributed by atoms with Crippen LogP contribution < -0.4 is 0 Å². The van der Waals surface area contributed by atoms with Gasteiger partial charge in [0, 0.05) is 0 Å². The topological polar surface area (TPSA) is 57.2 Å². The molecule has 0 aliphatic carbocycles. The Morgan fingerprint density at radius 3 is 3.17 bits per heavy atom. The molecule has 68 valence electrons. The van der Waals surface area contributed by atoms with Gasteiger partial charge in [-0.15, -0.1) is 0 Å². The van der Waals surface area contributed by atoms with Crippen molar-refractivity contribution >= 4 is 0 Å². The highest BCUT2D eigenvalue weighted by Gasteiger charge is 2.34. The highest BCUT2D eigenvalue weighted by atomic mass is 16.7. The van der Waals surface area contributed by atoms with E-state index in [0.29, 0.717) is 5.76 Å². The van der Waals surface area contributed by atoms with Crippen LogP contribution in [0.4, 0.5) is 0 Å². The van der Waals surface area contributed by atoms with E-state index in [-0.39, 0.29) is 32.4 Å². The van der Waals surface area contributed by atoms with E-state index in [1.54, 1.807) is 0 Å². The third kappa shape index (κ3) is 1.26. The summed E-state index contributed by atoms with van der Waals surface area (Å²) in [6, 6.07) is 0. The zero-order chi connectivity index (χ0) is 8.39. The number of hydrogen-bond donors (Lipinski definition) is 1. The summed E-state index contributed by atoms with van der Waals surface area (Å²) >= 11 is 0. The first-order valence-corrected chi connectivity index (χ1v) is 3.70. The summed E-state index contributed by atoms with van der Waals surface area (Å²) in [7, 11) is 0. The van der Waals surface area contributed by atoms with Crippen LogP contribution in [0.2, 0.25) is 0 Å². The van der Waals surface area contributed by atoms with Gasteiger partial charge in [0.1, 0.15) is 12.4 Å². The van der Waals surface area contributed by atoms with Gasteiger partial charge in [0.15, 0.2) is 25.4 Å². The van der Waals surface area contributed by atoms with Crippen molar-refractivity contribution in [3.8, 4) is 0 Å². The van der Waals surface area contributed by atoms with Gasteiger partial charge in [-0.2, -0.15) is 0 Å². The minimum atomic E-state index is -0.339. The smallest absolute Gasteiger partial charge is 0.189 e. The Bertz CT molecular complexity index is 190. The molecule has 0 bridgehead atoms. The standard InChI is InChI=1S/C7H10O5/c8-1-5-7-6(11-4-10-5)2-9-3-12-7/h2,5,7-8H,1,3-4H2. The fourth-order valence-corrected chi connectivity index (χ4v) is 1.21. The van der Waals surface area contributed by atoms with Crippen molar-refractivity contribution in [3.63, 3.8) is 0 Å². The van der Waals surface area contributed by atoms with Crippen molar-refractivity contribution < 1.29 is 24.1 Å².